The smallest absolute Gasteiger partial charge is 0.291 e. The third-order valence-electron chi connectivity index (χ3n) is 2.25. The maximum absolute atomic E-state index is 12.2. The van der Waals surface area contributed by atoms with E-state index in [0.29, 0.717) is 10.6 Å². The fourth-order valence-electron chi connectivity index (χ4n) is 1.40. The van der Waals surface area contributed by atoms with Gasteiger partial charge in [-0.25, -0.2) is 4.98 Å². The summed E-state index contributed by atoms with van der Waals surface area (Å²) >= 11 is 6.51. The molecule has 1 heterocycles. The molecule has 1 aromatic carbocycles. The first-order chi connectivity index (χ1) is 9.39. The van der Waals surface area contributed by atoms with Crippen molar-refractivity contribution >= 4 is 40.5 Å². The van der Waals surface area contributed by atoms with Crippen LogP contribution < -0.4 is 0 Å². The highest BCUT2D eigenvalue weighted by Gasteiger charge is 2.29. The number of carbonyl (C=O) groups excluding carboxylic acids is 1. The highest BCUT2D eigenvalue weighted by atomic mass is 35.5. The predicted molar refractivity (Wildman–Crippen MR) is 74.5 cm³/mol. The lowest BCUT2D eigenvalue weighted by molar-refractivity contribution is -0.0328. The van der Waals surface area contributed by atoms with E-state index in [1.165, 1.54) is 23.5 Å². The number of thiazole rings is 1. The van der Waals surface area contributed by atoms with Crippen molar-refractivity contribution in [1.82, 2.24) is 4.98 Å². The van der Waals surface area contributed by atoms with E-state index in [1.807, 2.05) is 0 Å². The molecule has 0 radical (unpaired) electrons. The van der Waals surface area contributed by atoms with Gasteiger partial charge in [-0.05, 0) is 23.9 Å². The van der Waals surface area contributed by atoms with E-state index in [-0.39, 0.29) is 34.0 Å². The molecule has 0 amide bonds. The molecule has 0 aliphatic heterocycles. The van der Waals surface area contributed by atoms with Gasteiger partial charge in [0.2, 0.25) is 0 Å². The highest BCUT2D eigenvalue weighted by Crippen LogP contribution is 2.37. The topological polar surface area (TPSA) is 30.0 Å². The second-order valence-corrected chi connectivity index (χ2v) is 5.93. The molecule has 20 heavy (non-hydrogen) atoms. The van der Waals surface area contributed by atoms with Gasteiger partial charge in [0.1, 0.15) is 10.7 Å². The van der Waals surface area contributed by atoms with Crippen LogP contribution in [0.4, 0.5) is 13.2 Å². The van der Waals surface area contributed by atoms with Gasteiger partial charge in [-0.3, -0.25) is 4.79 Å². The minimum atomic E-state index is -4.30. The van der Waals surface area contributed by atoms with Crippen LogP contribution in [0.1, 0.15) is 10.5 Å². The monoisotopic (exact) mass is 337 g/mol. The number of thioether (sulfide) groups is 1. The molecule has 0 aliphatic rings. The summed E-state index contributed by atoms with van der Waals surface area (Å²) in [6, 6.07) is 5.83. The van der Waals surface area contributed by atoms with Gasteiger partial charge in [-0.2, -0.15) is 13.2 Å². The first-order valence-corrected chi connectivity index (χ1v) is 7.53. The van der Waals surface area contributed by atoms with Crippen LogP contribution in [0.2, 0.25) is 0 Å². The number of halogens is 4. The molecule has 106 valence electrons. The lowest BCUT2D eigenvalue weighted by atomic mass is 10.2. The van der Waals surface area contributed by atoms with Crippen LogP contribution >= 0.6 is 34.7 Å². The zero-order valence-corrected chi connectivity index (χ0v) is 12.2. The zero-order valence-electron chi connectivity index (χ0n) is 9.78. The summed E-state index contributed by atoms with van der Waals surface area (Å²) in [7, 11) is 0. The van der Waals surface area contributed by atoms with Gasteiger partial charge < -0.3 is 0 Å². The van der Waals surface area contributed by atoms with Crippen molar-refractivity contribution in [3.63, 3.8) is 0 Å². The Morgan fingerprint density at radius 3 is 2.50 bits per heavy atom. The largest absolute Gasteiger partial charge is 0.446 e. The van der Waals surface area contributed by atoms with Gasteiger partial charge in [-0.15, -0.1) is 22.9 Å². The van der Waals surface area contributed by atoms with Crippen molar-refractivity contribution in [1.29, 1.82) is 0 Å². The third kappa shape index (κ3) is 3.97. The van der Waals surface area contributed by atoms with Crippen LogP contribution in [0, 0.1) is 0 Å². The van der Waals surface area contributed by atoms with E-state index in [2.05, 4.69) is 4.98 Å². The zero-order chi connectivity index (χ0) is 14.8. The number of ketones is 1. The summed E-state index contributed by atoms with van der Waals surface area (Å²) < 4.78 is 36.6. The van der Waals surface area contributed by atoms with Crippen molar-refractivity contribution < 1.29 is 18.0 Å². The molecule has 0 saturated heterocycles. The Balaban J connectivity index is 2.18. The first kappa shape index (κ1) is 15.3. The molecule has 0 saturated carbocycles. The molecule has 0 N–H and O–H groups in total. The van der Waals surface area contributed by atoms with E-state index in [0.717, 1.165) is 0 Å². The summed E-state index contributed by atoms with van der Waals surface area (Å²) in [6.07, 6.45) is 0. The van der Waals surface area contributed by atoms with Gasteiger partial charge in [0.15, 0.2) is 5.78 Å². The van der Waals surface area contributed by atoms with E-state index >= 15 is 0 Å². The number of benzene rings is 1. The van der Waals surface area contributed by atoms with E-state index in [4.69, 9.17) is 11.6 Å². The highest BCUT2D eigenvalue weighted by molar-refractivity contribution is 8.00. The summed E-state index contributed by atoms with van der Waals surface area (Å²) in [5.41, 5.74) is -3.37. The van der Waals surface area contributed by atoms with Crippen molar-refractivity contribution in [3.8, 4) is 10.6 Å². The molecular formula is C12H7ClF3NOS2. The van der Waals surface area contributed by atoms with Crippen LogP contribution in [0.15, 0.2) is 34.5 Å². The Hall–Kier alpha value is -1.05. The Bertz CT molecular complexity index is 610. The van der Waals surface area contributed by atoms with Gasteiger partial charge in [0, 0.05) is 15.8 Å². The third-order valence-corrected chi connectivity index (χ3v) is 4.12. The quantitative estimate of drug-likeness (QED) is 0.454. The number of Topliss-reactive ketones (excluding diaryl/α,β-unsaturated/α-hetero) is 1. The Kier molecular flexibility index (Phi) is 4.72. The molecule has 0 bridgehead atoms. The predicted octanol–water partition coefficient (Wildman–Crippen LogP) is 4.84. The number of alkyl halides is 4. The Labute approximate surface area is 126 Å². The molecule has 0 spiro atoms. The van der Waals surface area contributed by atoms with Crippen molar-refractivity contribution in [3.05, 3.63) is 35.3 Å². The van der Waals surface area contributed by atoms with Crippen molar-refractivity contribution in [2.75, 3.05) is 5.88 Å². The normalized spacial score (nSPS) is 11.6. The number of rotatable bonds is 4. The molecule has 0 aliphatic carbocycles. The molecule has 2 nitrogen and oxygen atoms in total. The lowest BCUT2D eigenvalue weighted by Crippen LogP contribution is -2.00. The first-order valence-electron chi connectivity index (χ1n) is 5.30. The molecule has 8 heteroatoms. The van der Waals surface area contributed by atoms with Gasteiger partial charge >= 0.3 is 5.51 Å². The van der Waals surface area contributed by atoms with E-state index < -0.39 is 5.51 Å². The number of aromatic nitrogens is 1. The summed E-state index contributed by atoms with van der Waals surface area (Å²) in [4.78, 5) is 15.6. The molecule has 2 rings (SSSR count). The SMILES string of the molecule is O=C(CCl)c1csc(-c2ccc(SC(F)(F)F)cc2)n1. The summed E-state index contributed by atoms with van der Waals surface area (Å²) in [5.74, 6) is -0.428. The van der Waals surface area contributed by atoms with E-state index in [1.54, 1.807) is 17.5 Å². The molecule has 2 aromatic rings. The average molecular weight is 338 g/mol. The van der Waals surface area contributed by atoms with Crippen molar-refractivity contribution in [2.24, 2.45) is 0 Å². The minimum Gasteiger partial charge on any atom is -0.291 e. The van der Waals surface area contributed by atoms with Crippen LogP contribution in [0.5, 0.6) is 0 Å². The van der Waals surface area contributed by atoms with Crippen LogP contribution in [-0.2, 0) is 0 Å². The van der Waals surface area contributed by atoms with Crippen molar-refractivity contribution in [2.45, 2.75) is 10.4 Å². The molecular weight excluding hydrogens is 331 g/mol. The Morgan fingerprint density at radius 1 is 1.30 bits per heavy atom. The van der Waals surface area contributed by atoms with Crippen LogP contribution in [-0.4, -0.2) is 22.2 Å². The molecule has 0 atom stereocenters. The van der Waals surface area contributed by atoms with E-state index in [9.17, 15) is 18.0 Å². The second kappa shape index (κ2) is 6.15. The maximum Gasteiger partial charge on any atom is 0.446 e. The lowest BCUT2D eigenvalue weighted by Gasteiger charge is -2.05. The van der Waals surface area contributed by atoms with Gasteiger partial charge in [0.05, 0.1) is 5.88 Å². The van der Waals surface area contributed by atoms with Crippen LogP contribution in [0.25, 0.3) is 10.6 Å². The molecule has 0 fully saturated rings. The average Bonchev–Trinajstić information content (AvgIpc) is 2.86. The number of hydrogen-bond donors (Lipinski definition) is 0. The summed E-state index contributed by atoms with van der Waals surface area (Å²) in [5, 5.41) is 2.15. The minimum absolute atomic E-state index is 0.106. The fourth-order valence-corrected chi connectivity index (χ4v) is 2.91. The fraction of sp³-hybridized carbons (Fsp3) is 0.167. The van der Waals surface area contributed by atoms with Gasteiger partial charge in [-0.1, -0.05) is 12.1 Å². The Morgan fingerprint density at radius 2 is 1.95 bits per heavy atom. The van der Waals surface area contributed by atoms with Gasteiger partial charge in [0.25, 0.3) is 0 Å². The number of hydrogen-bond acceptors (Lipinski definition) is 4. The summed E-state index contributed by atoms with van der Waals surface area (Å²) in [6.45, 7) is 0. The number of nitrogens with zero attached hydrogens (tertiary/aromatic N) is 1. The molecule has 0 unspecified atom stereocenters. The number of carbonyl (C=O) groups is 1. The van der Waals surface area contributed by atoms with Crippen LogP contribution in [0.3, 0.4) is 0 Å². The standard InChI is InChI=1S/C12H7ClF3NOS2/c13-5-10(18)9-6-19-11(17-9)7-1-3-8(4-2-7)20-12(14,15)16/h1-4,6H,5H2. The molecule has 1 aromatic heterocycles. The second-order valence-electron chi connectivity index (χ2n) is 3.67. The maximum atomic E-state index is 12.2.